The lowest BCUT2D eigenvalue weighted by Crippen LogP contribution is -2.54. The second-order valence-electron chi connectivity index (χ2n) is 3.28. The molecule has 1 aliphatic carbocycles. The summed E-state index contributed by atoms with van der Waals surface area (Å²) < 4.78 is 23.7. The van der Waals surface area contributed by atoms with Gasteiger partial charge >= 0.3 is 6.43 Å². The molecule has 2 nitrogen and oxygen atoms in total. The van der Waals surface area contributed by atoms with Crippen LogP contribution in [0.15, 0.2) is 0 Å². The van der Waals surface area contributed by atoms with Crippen LogP contribution in [-0.2, 0) is 4.79 Å². The number of hydrogen-bond acceptors (Lipinski definition) is 1. The quantitative estimate of drug-likeness (QED) is 0.698. The molecule has 1 amide bonds. The second kappa shape index (κ2) is 3.37. The summed E-state index contributed by atoms with van der Waals surface area (Å²) in [6.45, 7) is 1.91. The zero-order valence-corrected chi connectivity index (χ0v) is 7.07. The van der Waals surface area contributed by atoms with E-state index in [1.165, 1.54) is 0 Å². The second-order valence-corrected chi connectivity index (χ2v) is 3.28. The number of amides is 1. The van der Waals surface area contributed by atoms with Gasteiger partial charge in [-0.1, -0.05) is 6.92 Å². The van der Waals surface area contributed by atoms with Gasteiger partial charge in [-0.15, -0.1) is 0 Å². The van der Waals surface area contributed by atoms with E-state index in [-0.39, 0.29) is 5.54 Å². The highest BCUT2D eigenvalue weighted by atomic mass is 19.3. The predicted molar refractivity (Wildman–Crippen MR) is 41.0 cm³/mol. The highest BCUT2D eigenvalue weighted by Gasteiger charge is 2.37. The Labute approximate surface area is 70.3 Å². The SMILES string of the molecule is CCC1(NC(=O)C(F)F)CCC1. The van der Waals surface area contributed by atoms with Crippen LogP contribution in [-0.4, -0.2) is 17.9 Å². The Morgan fingerprint density at radius 3 is 2.42 bits per heavy atom. The van der Waals surface area contributed by atoms with Gasteiger partial charge in [0.25, 0.3) is 5.91 Å². The monoisotopic (exact) mass is 177 g/mol. The van der Waals surface area contributed by atoms with E-state index in [0.717, 1.165) is 25.7 Å². The number of carbonyl (C=O) groups excluding carboxylic acids is 1. The number of hydrogen-bond donors (Lipinski definition) is 1. The van der Waals surface area contributed by atoms with E-state index in [0.29, 0.717) is 0 Å². The first-order valence-corrected chi connectivity index (χ1v) is 4.20. The van der Waals surface area contributed by atoms with Crippen molar-refractivity contribution in [1.29, 1.82) is 0 Å². The standard InChI is InChI=1S/C8H13F2NO/c1-2-8(4-3-5-8)11-7(12)6(9)10/h6H,2-5H2,1H3,(H,11,12). The highest BCUT2D eigenvalue weighted by molar-refractivity contribution is 5.80. The molecule has 1 aliphatic rings. The Balaban J connectivity index is 2.43. The third kappa shape index (κ3) is 1.73. The average molecular weight is 177 g/mol. The first kappa shape index (κ1) is 9.42. The van der Waals surface area contributed by atoms with E-state index >= 15 is 0 Å². The van der Waals surface area contributed by atoms with Crippen molar-refractivity contribution in [3.8, 4) is 0 Å². The van der Waals surface area contributed by atoms with Crippen LogP contribution in [0.5, 0.6) is 0 Å². The lowest BCUT2D eigenvalue weighted by Gasteiger charge is -2.41. The van der Waals surface area contributed by atoms with Gasteiger partial charge in [0.1, 0.15) is 0 Å². The molecule has 1 saturated carbocycles. The molecule has 0 heterocycles. The average Bonchev–Trinajstić information content (AvgIpc) is 1.96. The van der Waals surface area contributed by atoms with Crippen LogP contribution in [0.25, 0.3) is 0 Å². The summed E-state index contributed by atoms with van der Waals surface area (Å²) in [6.07, 6.45) is 0.557. The van der Waals surface area contributed by atoms with Crippen molar-refractivity contribution in [3.05, 3.63) is 0 Å². The molecule has 0 unspecified atom stereocenters. The fourth-order valence-electron chi connectivity index (χ4n) is 1.49. The van der Waals surface area contributed by atoms with Crippen molar-refractivity contribution in [2.24, 2.45) is 0 Å². The smallest absolute Gasteiger partial charge is 0.315 e. The normalized spacial score (nSPS) is 20.3. The van der Waals surface area contributed by atoms with Crippen molar-refractivity contribution < 1.29 is 13.6 Å². The summed E-state index contributed by atoms with van der Waals surface area (Å²) in [4.78, 5) is 10.6. The Bertz CT molecular complexity index is 172. The summed E-state index contributed by atoms with van der Waals surface area (Å²) in [5.41, 5.74) is -0.312. The van der Waals surface area contributed by atoms with E-state index in [9.17, 15) is 13.6 Å². The molecule has 1 rings (SSSR count). The summed E-state index contributed by atoms with van der Waals surface area (Å²) >= 11 is 0. The van der Waals surface area contributed by atoms with Gasteiger partial charge in [0.2, 0.25) is 0 Å². The van der Waals surface area contributed by atoms with Crippen molar-refractivity contribution in [2.75, 3.05) is 0 Å². The van der Waals surface area contributed by atoms with Gasteiger partial charge in [-0.3, -0.25) is 4.79 Å². The van der Waals surface area contributed by atoms with Crippen molar-refractivity contribution in [2.45, 2.75) is 44.6 Å². The number of nitrogens with one attached hydrogen (secondary N) is 1. The first-order chi connectivity index (χ1) is 5.59. The predicted octanol–water partition coefficient (Wildman–Crippen LogP) is 1.70. The lowest BCUT2D eigenvalue weighted by molar-refractivity contribution is -0.135. The van der Waals surface area contributed by atoms with E-state index in [1.807, 2.05) is 6.92 Å². The van der Waals surface area contributed by atoms with Gasteiger partial charge in [-0.25, -0.2) is 0 Å². The molecular formula is C8H13F2NO. The van der Waals surface area contributed by atoms with Crippen LogP contribution >= 0.6 is 0 Å². The van der Waals surface area contributed by atoms with E-state index in [1.54, 1.807) is 0 Å². The van der Waals surface area contributed by atoms with E-state index in [2.05, 4.69) is 5.32 Å². The van der Waals surface area contributed by atoms with Crippen LogP contribution in [0, 0.1) is 0 Å². The highest BCUT2D eigenvalue weighted by Crippen LogP contribution is 2.34. The van der Waals surface area contributed by atoms with Gasteiger partial charge < -0.3 is 5.32 Å². The Kier molecular flexibility index (Phi) is 2.65. The van der Waals surface area contributed by atoms with Crippen molar-refractivity contribution in [3.63, 3.8) is 0 Å². The van der Waals surface area contributed by atoms with Gasteiger partial charge in [0.15, 0.2) is 0 Å². The lowest BCUT2D eigenvalue weighted by atomic mass is 9.75. The summed E-state index contributed by atoms with van der Waals surface area (Å²) in [5, 5.41) is 2.39. The van der Waals surface area contributed by atoms with Gasteiger partial charge in [-0.05, 0) is 25.7 Å². The van der Waals surface area contributed by atoms with E-state index in [4.69, 9.17) is 0 Å². The number of halogens is 2. The minimum absolute atomic E-state index is 0.312. The Morgan fingerprint density at radius 2 is 2.17 bits per heavy atom. The van der Waals surface area contributed by atoms with Crippen molar-refractivity contribution in [1.82, 2.24) is 5.32 Å². The van der Waals surface area contributed by atoms with Crippen LogP contribution in [0.1, 0.15) is 32.6 Å². The zero-order chi connectivity index (χ0) is 9.19. The molecule has 0 radical (unpaired) electrons. The molecule has 0 aromatic carbocycles. The largest absolute Gasteiger partial charge is 0.346 e. The summed E-state index contributed by atoms with van der Waals surface area (Å²) in [6, 6.07) is 0. The van der Waals surface area contributed by atoms with Gasteiger partial charge in [-0.2, -0.15) is 8.78 Å². The Hall–Kier alpha value is -0.670. The molecule has 1 fully saturated rings. The van der Waals surface area contributed by atoms with Crippen LogP contribution < -0.4 is 5.32 Å². The molecular weight excluding hydrogens is 164 g/mol. The minimum Gasteiger partial charge on any atom is -0.346 e. The maximum atomic E-state index is 11.8. The maximum Gasteiger partial charge on any atom is 0.315 e. The number of alkyl halides is 2. The topological polar surface area (TPSA) is 29.1 Å². The first-order valence-electron chi connectivity index (χ1n) is 4.20. The third-order valence-corrected chi connectivity index (χ3v) is 2.57. The summed E-state index contributed by atoms with van der Waals surface area (Å²) in [7, 11) is 0. The molecule has 0 atom stereocenters. The van der Waals surface area contributed by atoms with Crippen LogP contribution in [0.4, 0.5) is 8.78 Å². The van der Waals surface area contributed by atoms with Crippen molar-refractivity contribution >= 4 is 5.91 Å². The van der Waals surface area contributed by atoms with Crippen LogP contribution in [0.2, 0.25) is 0 Å². The molecule has 4 heteroatoms. The number of rotatable bonds is 3. The fraction of sp³-hybridized carbons (Fsp3) is 0.875. The molecule has 0 aromatic heterocycles. The molecule has 0 spiro atoms. The molecule has 12 heavy (non-hydrogen) atoms. The molecule has 70 valence electrons. The van der Waals surface area contributed by atoms with Gasteiger partial charge in [0, 0.05) is 5.54 Å². The maximum absolute atomic E-state index is 11.8. The van der Waals surface area contributed by atoms with Gasteiger partial charge in [0.05, 0.1) is 0 Å². The minimum atomic E-state index is -2.88. The number of carbonyl (C=O) groups is 1. The third-order valence-electron chi connectivity index (χ3n) is 2.57. The molecule has 0 bridgehead atoms. The molecule has 1 N–H and O–H groups in total. The zero-order valence-electron chi connectivity index (χ0n) is 7.07. The van der Waals surface area contributed by atoms with E-state index < -0.39 is 12.3 Å². The molecule has 0 aromatic rings. The summed E-state index contributed by atoms with van der Waals surface area (Å²) in [5.74, 6) is -1.13. The fourth-order valence-corrected chi connectivity index (χ4v) is 1.49. The van der Waals surface area contributed by atoms with Crippen LogP contribution in [0.3, 0.4) is 0 Å². The molecule has 0 saturated heterocycles. The molecule has 0 aliphatic heterocycles. The Morgan fingerprint density at radius 1 is 1.58 bits per heavy atom.